The minimum absolute atomic E-state index is 0.170. The van der Waals surface area contributed by atoms with Crippen LogP contribution in [-0.4, -0.2) is 28.3 Å². The van der Waals surface area contributed by atoms with Crippen molar-refractivity contribution in [2.24, 2.45) is 5.92 Å². The first-order valence-electron chi connectivity index (χ1n) is 4.93. The molecule has 1 fully saturated rings. The van der Waals surface area contributed by atoms with E-state index in [0.29, 0.717) is 24.5 Å². The SMILES string of the molecule is CCOC(=O)CC1CCS(=N)(=O)CC1. The second kappa shape index (κ2) is 4.77. The number of carbonyl (C=O) groups excluding carboxylic acids is 1. The van der Waals surface area contributed by atoms with Gasteiger partial charge in [-0.1, -0.05) is 0 Å². The third kappa shape index (κ3) is 3.65. The molecule has 0 unspecified atom stereocenters. The smallest absolute Gasteiger partial charge is 0.306 e. The largest absolute Gasteiger partial charge is 0.466 e. The zero-order chi connectivity index (χ0) is 10.6. The minimum atomic E-state index is -2.32. The molecule has 1 rings (SSSR count). The van der Waals surface area contributed by atoms with E-state index in [1.54, 1.807) is 6.92 Å². The molecule has 0 radical (unpaired) electrons. The average molecular weight is 219 g/mol. The van der Waals surface area contributed by atoms with Crippen LogP contribution in [0.2, 0.25) is 0 Å². The van der Waals surface area contributed by atoms with Crippen LogP contribution < -0.4 is 0 Å². The van der Waals surface area contributed by atoms with Gasteiger partial charge in [0.05, 0.1) is 6.61 Å². The van der Waals surface area contributed by atoms with E-state index in [2.05, 4.69) is 0 Å². The first-order chi connectivity index (χ1) is 6.53. The Morgan fingerprint density at radius 3 is 2.57 bits per heavy atom. The molecule has 0 atom stereocenters. The zero-order valence-corrected chi connectivity index (χ0v) is 9.27. The summed E-state index contributed by atoms with van der Waals surface area (Å²) >= 11 is 0. The van der Waals surface area contributed by atoms with Crippen LogP contribution in [0, 0.1) is 10.7 Å². The summed E-state index contributed by atoms with van der Waals surface area (Å²) in [5.41, 5.74) is 0. The first-order valence-corrected chi connectivity index (χ1v) is 6.83. The molecule has 0 aromatic rings. The van der Waals surface area contributed by atoms with Gasteiger partial charge in [0, 0.05) is 27.7 Å². The predicted octanol–water partition coefficient (Wildman–Crippen LogP) is 1.40. The molecule has 0 aliphatic carbocycles. The van der Waals surface area contributed by atoms with Gasteiger partial charge in [-0.15, -0.1) is 0 Å². The van der Waals surface area contributed by atoms with Gasteiger partial charge in [-0.05, 0) is 25.7 Å². The monoisotopic (exact) mass is 219 g/mol. The Morgan fingerprint density at radius 1 is 1.50 bits per heavy atom. The maximum atomic E-state index is 11.3. The molecule has 0 aromatic heterocycles. The highest BCUT2D eigenvalue weighted by molar-refractivity contribution is 7.92. The van der Waals surface area contributed by atoms with Gasteiger partial charge in [0.2, 0.25) is 0 Å². The van der Waals surface area contributed by atoms with E-state index in [1.165, 1.54) is 0 Å². The maximum absolute atomic E-state index is 11.3. The molecule has 4 nitrogen and oxygen atoms in total. The molecule has 1 aliphatic heterocycles. The van der Waals surface area contributed by atoms with Crippen molar-refractivity contribution < 1.29 is 13.7 Å². The fourth-order valence-corrected chi connectivity index (χ4v) is 3.25. The fourth-order valence-electron chi connectivity index (χ4n) is 1.62. The van der Waals surface area contributed by atoms with Crippen molar-refractivity contribution in [3.05, 3.63) is 0 Å². The highest BCUT2D eigenvalue weighted by Crippen LogP contribution is 2.22. The molecule has 1 heterocycles. The summed E-state index contributed by atoms with van der Waals surface area (Å²) in [7, 11) is -2.32. The van der Waals surface area contributed by atoms with Crippen molar-refractivity contribution >= 4 is 15.7 Å². The van der Waals surface area contributed by atoms with Crippen molar-refractivity contribution in [3.8, 4) is 0 Å². The minimum Gasteiger partial charge on any atom is -0.466 e. The number of ether oxygens (including phenoxy) is 1. The molecule has 0 bridgehead atoms. The van der Waals surface area contributed by atoms with Crippen molar-refractivity contribution in [1.82, 2.24) is 0 Å². The molecule has 0 amide bonds. The lowest BCUT2D eigenvalue weighted by Gasteiger charge is -2.22. The summed E-state index contributed by atoms with van der Waals surface area (Å²) in [6.07, 6.45) is 1.87. The van der Waals surface area contributed by atoms with Crippen LogP contribution in [0.3, 0.4) is 0 Å². The number of carbonyl (C=O) groups is 1. The molecule has 1 N–H and O–H groups in total. The fraction of sp³-hybridized carbons (Fsp3) is 0.889. The van der Waals surface area contributed by atoms with Gasteiger partial charge in [-0.25, -0.2) is 4.21 Å². The van der Waals surface area contributed by atoms with E-state index in [-0.39, 0.29) is 11.9 Å². The lowest BCUT2D eigenvalue weighted by Crippen LogP contribution is -2.24. The highest BCUT2D eigenvalue weighted by Gasteiger charge is 2.23. The van der Waals surface area contributed by atoms with Gasteiger partial charge in [0.25, 0.3) is 0 Å². The van der Waals surface area contributed by atoms with Crippen LogP contribution in [0.1, 0.15) is 26.2 Å². The highest BCUT2D eigenvalue weighted by atomic mass is 32.2. The van der Waals surface area contributed by atoms with Gasteiger partial charge < -0.3 is 4.74 Å². The molecule has 1 saturated heterocycles. The first kappa shape index (κ1) is 11.5. The van der Waals surface area contributed by atoms with Crippen LogP contribution in [0.25, 0.3) is 0 Å². The summed E-state index contributed by atoms with van der Waals surface area (Å²) in [5.74, 6) is 0.985. The quantitative estimate of drug-likeness (QED) is 0.729. The standard InChI is InChI=1S/C9H17NO3S/c1-2-13-9(11)7-8-3-5-14(10,12)6-4-8/h8,10H,2-7H2,1H3. The number of esters is 1. The van der Waals surface area contributed by atoms with E-state index < -0.39 is 9.73 Å². The molecule has 0 aromatic carbocycles. The topological polar surface area (TPSA) is 67.2 Å². The van der Waals surface area contributed by atoms with Gasteiger partial charge in [-0.3, -0.25) is 9.57 Å². The Labute approximate surface area is 85.0 Å². The predicted molar refractivity (Wildman–Crippen MR) is 54.6 cm³/mol. The summed E-state index contributed by atoms with van der Waals surface area (Å²) in [6.45, 7) is 2.20. The normalized spacial score (nSPS) is 32.5. The van der Waals surface area contributed by atoms with Crippen molar-refractivity contribution in [3.63, 3.8) is 0 Å². The van der Waals surface area contributed by atoms with E-state index >= 15 is 0 Å². The molecular weight excluding hydrogens is 202 g/mol. The Hall–Kier alpha value is -0.580. The van der Waals surface area contributed by atoms with E-state index in [1.807, 2.05) is 0 Å². The lowest BCUT2D eigenvalue weighted by atomic mass is 9.99. The van der Waals surface area contributed by atoms with Crippen molar-refractivity contribution in [2.45, 2.75) is 26.2 Å². The van der Waals surface area contributed by atoms with E-state index in [9.17, 15) is 9.00 Å². The molecule has 0 saturated carbocycles. The van der Waals surface area contributed by atoms with E-state index in [4.69, 9.17) is 9.52 Å². The molecule has 5 heteroatoms. The summed E-state index contributed by atoms with van der Waals surface area (Å²) in [4.78, 5) is 11.1. The number of hydrogen-bond donors (Lipinski definition) is 1. The summed E-state index contributed by atoms with van der Waals surface area (Å²) < 4.78 is 23.5. The van der Waals surface area contributed by atoms with Gasteiger partial charge in [0.15, 0.2) is 0 Å². The molecule has 1 aliphatic rings. The Balaban J connectivity index is 2.32. The summed E-state index contributed by atoms with van der Waals surface area (Å²) in [6, 6.07) is 0. The average Bonchev–Trinajstić information content (AvgIpc) is 2.09. The Bertz CT molecular complexity index is 283. The third-order valence-corrected chi connectivity index (χ3v) is 4.26. The lowest BCUT2D eigenvalue weighted by molar-refractivity contribution is -0.144. The summed E-state index contributed by atoms with van der Waals surface area (Å²) in [5, 5.41) is 0. The third-order valence-electron chi connectivity index (χ3n) is 2.47. The van der Waals surface area contributed by atoms with Gasteiger partial charge >= 0.3 is 5.97 Å². The Kier molecular flexibility index (Phi) is 3.92. The maximum Gasteiger partial charge on any atom is 0.306 e. The van der Waals surface area contributed by atoms with E-state index in [0.717, 1.165) is 12.8 Å². The molecular formula is C9H17NO3S. The van der Waals surface area contributed by atoms with Gasteiger partial charge in [-0.2, -0.15) is 0 Å². The van der Waals surface area contributed by atoms with Crippen LogP contribution in [0.15, 0.2) is 0 Å². The number of nitrogens with one attached hydrogen (secondary N) is 1. The van der Waals surface area contributed by atoms with Crippen molar-refractivity contribution in [1.29, 1.82) is 4.78 Å². The Morgan fingerprint density at radius 2 is 2.07 bits per heavy atom. The number of hydrogen-bond acceptors (Lipinski definition) is 4. The van der Waals surface area contributed by atoms with Crippen LogP contribution in [0.5, 0.6) is 0 Å². The van der Waals surface area contributed by atoms with Crippen LogP contribution in [-0.2, 0) is 19.3 Å². The zero-order valence-electron chi connectivity index (χ0n) is 8.45. The number of rotatable bonds is 3. The second-order valence-electron chi connectivity index (χ2n) is 3.67. The van der Waals surface area contributed by atoms with Crippen LogP contribution >= 0.6 is 0 Å². The molecule has 82 valence electrons. The van der Waals surface area contributed by atoms with Crippen molar-refractivity contribution in [2.75, 3.05) is 18.1 Å². The van der Waals surface area contributed by atoms with Crippen LogP contribution in [0.4, 0.5) is 0 Å². The molecule has 0 spiro atoms. The van der Waals surface area contributed by atoms with Gasteiger partial charge in [0.1, 0.15) is 0 Å². The second-order valence-corrected chi connectivity index (χ2v) is 6.11. The molecule has 14 heavy (non-hydrogen) atoms.